The molecule has 4 heterocycles. The molecule has 0 amide bonds. The summed E-state index contributed by atoms with van der Waals surface area (Å²) >= 11 is 0. The van der Waals surface area contributed by atoms with E-state index in [-0.39, 0.29) is 0 Å². The highest BCUT2D eigenvalue weighted by Crippen LogP contribution is 2.25. The fraction of sp³-hybridized carbons (Fsp3) is 0.0714. The standard InChI is InChI=1S/C14H10N8/c1-20-11-10(7-16-20)13-15-8-17-22(13)21-12(18-19-14(11)21)9-5-3-2-4-6-9/h2-8H,1H3. The summed E-state index contributed by atoms with van der Waals surface area (Å²) in [4.78, 5) is 4.35. The van der Waals surface area contributed by atoms with Crippen molar-refractivity contribution in [3.05, 3.63) is 42.9 Å². The summed E-state index contributed by atoms with van der Waals surface area (Å²) < 4.78 is 5.35. The third kappa shape index (κ3) is 1.28. The number of hydrogen-bond donors (Lipinski definition) is 0. The Morgan fingerprint density at radius 2 is 1.82 bits per heavy atom. The summed E-state index contributed by atoms with van der Waals surface area (Å²) in [5.41, 5.74) is 3.28. The molecule has 8 heteroatoms. The molecule has 1 aromatic carbocycles. The third-order valence-electron chi connectivity index (χ3n) is 3.78. The molecule has 5 rings (SSSR count). The maximum absolute atomic E-state index is 4.35. The van der Waals surface area contributed by atoms with Gasteiger partial charge in [0.2, 0.25) is 5.65 Å². The van der Waals surface area contributed by atoms with Crippen LogP contribution in [0.1, 0.15) is 0 Å². The van der Waals surface area contributed by atoms with Crippen LogP contribution in [0.5, 0.6) is 0 Å². The van der Waals surface area contributed by atoms with Crippen LogP contribution in [0, 0.1) is 0 Å². The van der Waals surface area contributed by atoms with Crippen molar-refractivity contribution in [3.8, 4) is 11.4 Å². The minimum absolute atomic E-state index is 0.701. The molecular weight excluding hydrogens is 280 g/mol. The van der Waals surface area contributed by atoms with Gasteiger partial charge < -0.3 is 0 Å². The monoisotopic (exact) mass is 290 g/mol. The summed E-state index contributed by atoms with van der Waals surface area (Å²) in [6.45, 7) is 0. The largest absolute Gasteiger partial charge is 0.264 e. The Labute approximate surface area is 123 Å². The highest BCUT2D eigenvalue weighted by Gasteiger charge is 2.19. The minimum Gasteiger partial charge on any atom is -0.264 e. The number of aromatic nitrogens is 8. The van der Waals surface area contributed by atoms with Gasteiger partial charge in [-0.3, -0.25) is 4.68 Å². The molecule has 0 atom stereocenters. The molecule has 0 aliphatic rings. The van der Waals surface area contributed by atoms with Crippen LogP contribution in [0.25, 0.3) is 33.6 Å². The summed E-state index contributed by atoms with van der Waals surface area (Å²) in [7, 11) is 1.88. The first kappa shape index (κ1) is 11.4. The summed E-state index contributed by atoms with van der Waals surface area (Å²) in [6.07, 6.45) is 3.30. The van der Waals surface area contributed by atoms with Gasteiger partial charge in [-0.1, -0.05) is 30.3 Å². The molecule has 0 fully saturated rings. The van der Waals surface area contributed by atoms with E-state index < -0.39 is 0 Å². The van der Waals surface area contributed by atoms with Crippen LogP contribution in [0.3, 0.4) is 0 Å². The lowest BCUT2D eigenvalue weighted by atomic mass is 10.2. The fourth-order valence-corrected chi connectivity index (χ4v) is 2.80. The van der Waals surface area contributed by atoms with Gasteiger partial charge in [-0.25, -0.2) is 4.98 Å². The van der Waals surface area contributed by atoms with E-state index in [0.717, 1.165) is 22.1 Å². The van der Waals surface area contributed by atoms with Gasteiger partial charge in [-0.05, 0) is 0 Å². The SMILES string of the molecule is Cn1ncc2c1c1nnc(-c3ccccc3)n1n1ncnc21. The molecule has 0 unspecified atom stereocenters. The first-order valence-corrected chi connectivity index (χ1v) is 6.79. The number of nitrogens with zero attached hydrogens (tertiary/aromatic N) is 8. The molecule has 4 aromatic heterocycles. The minimum atomic E-state index is 0.701. The van der Waals surface area contributed by atoms with E-state index in [0.29, 0.717) is 11.5 Å². The zero-order valence-corrected chi connectivity index (χ0v) is 11.6. The Kier molecular flexibility index (Phi) is 2.01. The Hall–Kier alpha value is -3.29. The summed E-state index contributed by atoms with van der Waals surface area (Å²) in [5, 5.41) is 18.2. The third-order valence-corrected chi connectivity index (χ3v) is 3.78. The summed E-state index contributed by atoms with van der Waals surface area (Å²) in [5.74, 6) is 0.717. The topological polar surface area (TPSA) is 78.2 Å². The van der Waals surface area contributed by atoms with Crippen molar-refractivity contribution in [2.24, 2.45) is 7.05 Å². The van der Waals surface area contributed by atoms with Crippen LogP contribution >= 0.6 is 0 Å². The van der Waals surface area contributed by atoms with Crippen LogP contribution in [0.4, 0.5) is 0 Å². The molecule has 0 spiro atoms. The molecule has 8 nitrogen and oxygen atoms in total. The molecule has 0 saturated heterocycles. The number of hydrogen-bond acceptors (Lipinski definition) is 5. The van der Waals surface area contributed by atoms with Crippen molar-refractivity contribution < 1.29 is 0 Å². The van der Waals surface area contributed by atoms with Gasteiger partial charge in [0.15, 0.2) is 11.5 Å². The molecule has 22 heavy (non-hydrogen) atoms. The average Bonchev–Trinajstić information content (AvgIpc) is 3.24. The smallest absolute Gasteiger partial charge is 0.204 e. The van der Waals surface area contributed by atoms with Crippen LogP contribution in [0.15, 0.2) is 42.9 Å². The number of rotatable bonds is 1. The van der Waals surface area contributed by atoms with Crippen LogP contribution in [-0.4, -0.2) is 39.2 Å². The first-order valence-electron chi connectivity index (χ1n) is 6.79. The second kappa shape index (κ2) is 3.88. The number of fused-ring (bicyclic) bond motifs is 6. The van der Waals surface area contributed by atoms with Gasteiger partial charge in [-0.2, -0.15) is 9.61 Å². The number of benzene rings is 1. The van der Waals surface area contributed by atoms with Crippen molar-refractivity contribution in [2.45, 2.75) is 0 Å². The maximum atomic E-state index is 4.35. The predicted octanol–water partition coefficient (Wildman–Crippen LogP) is 1.33. The van der Waals surface area contributed by atoms with E-state index in [9.17, 15) is 0 Å². The van der Waals surface area contributed by atoms with E-state index in [1.165, 1.54) is 6.33 Å². The lowest BCUT2D eigenvalue weighted by Gasteiger charge is -2.04. The zero-order chi connectivity index (χ0) is 14.7. The predicted molar refractivity (Wildman–Crippen MR) is 79.2 cm³/mol. The maximum Gasteiger partial charge on any atom is 0.204 e. The van der Waals surface area contributed by atoms with Gasteiger partial charge in [0.1, 0.15) is 11.8 Å². The van der Waals surface area contributed by atoms with E-state index in [1.54, 1.807) is 15.5 Å². The molecular formula is C14H10N8. The zero-order valence-electron chi connectivity index (χ0n) is 11.6. The van der Waals surface area contributed by atoms with E-state index in [2.05, 4.69) is 25.4 Å². The van der Waals surface area contributed by atoms with Gasteiger partial charge in [0.25, 0.3) is 0 Å². The molecule has 0 saturated carbocycles. The van der Waals surface area contributed by atoms with Gasteiger partial charge in [0.05, 0.1) is 11.6 Å². The second-order valence-corrected chi connectivity index (χ2v) is 5.03. The van der Waals surface area contributed by atoms with Crippen LogP contribution in [0.2, 0.25) is 0 Å². The Bertz CT molecular complexity index is 1130. The lowest BCUT2D eigenvalue weighted by Crippen LogP contribution is -2.05. The van der Waals surface area contributed by atoms with Gasteiger partial charge in [-0.15, -0.1) is 19.9 Å². The van der Waals surface area contributed by atoms with E-state index >= 15 is 0 Å². The Morgan fingerprint density at radius 3 is 2.68 bits per heavy atom. The van der Waals surface area contributed by atoms with Crippen LogP contribution < -0.4 is 0 Å². The van der Waals surface area contributed by atoms with Crippen LogP contribution in [-0.2, 0) is 7.05 Å². The highest BCUT2D eigenvalue weighted by atomic mass is 15.5. The normalized spacial score (nSPS) is 11.9. The summed E-state index contributed by atoms with van der Waals surface area (Å²) in [6, 6.07) is 9.89. The molecule has 0 bridgehead atoms. The molecule has 0 aliphatic heterocycles. The van der Waals surface area contributed by atoms with E-state index in [4.69, 9.17) is 0 Å². The molecule has 106 valence electrons. The van der Waals surface area contributed by atoms with Crippen molar-refractivity contribution in [3.63, 3.8) is 0 Å². The lowest BCUT2D eigenvalue weighted by molar-refractivity contribution is 0.745. The van der Waals surface area contributed by atoms with Crippen molar-refractivity contribution in [1.29, 1.82) is 0 Å². The van der Waals surface area contributed by atoms with Crippen molar-refractivity contribution in [1.82, 2.24) is 39.2 Å². The van der Waals surface area contributed by atoms with Gasteiger partial charge >= 0.3 is 0 Å². The average molecular weight is 290 g/mol. The number of aryl methyl sites for hydroxylation is 1. The van der Waals surface area contributed by atoms with Gasteiger partial charge in [0, 0.05) is 12.6 Å². The second-order valence-electron chi connectivity index (χ2n) is 5.03. The molecule has 5 aromatic rings. The quantitative estimate of drug-likeness (QED) is 0.465. The Morgan fingerprint density at radius 1 is 0.955 bits per heavy atom. The molecule has 0 aliphatic carbocycles. The van der Waals surface area contributed by atoms with E-state index in [1.807, 2.05) is 41.9 Å². The van der Waals surface area contributed by atoms with Crippen molar-refractivity contribution >= 4 is 22.2 Å². The fourth-order valence-electron chi connectivity index (χ4n) is 2.80. The highest BCUT2D eigenvalue weighted by molar-refractivity contribution is 5.99. The molecule has 0 radical (unpaired) electrons. The Balaban J connectivity index is 2.06. The van der Waals surface area contributed by atoms with Crippen molar-refractivity contribution in [2.75, 3.05) is 0 Å². The first-order chi connectivity index (χ1) is 10.8. The molecule has 0 N–H and O–H groups in total.